The minimum absolute atomic E-state index is 0.0844. The van der Waals surface area contributed by atoms with Crippen LogP contribution in [0.15, 0.2) is 57.7 Å². The molecule has 0 saturated heterocycles. The molecule has 0 radical (unpaired) electrons. The molecule has 2 aromatic carbocycles. The molecule has 0 amide bonds. The topological polar surface area (TPSA) is 65.7 Å². The van der Waals surface area contributed by atoms with Gasteiger partial charge in [0.25, 0.3) is 0 Å². The number of aryl methyl sites for hydroxylation is 1. The zero-order valence-corrected chi connectivity index (χ0v) is 14.2. The van der Waals surface area contributed by atoms with Crippen molar-refractivity contribution in [2.45, 2.75) is 20.0 Å². The van der Waals surface area contributed by atoms with Crippen molar-refractivity contribution in [1.29, 1.82) is 0 Å². The fourth-order valence-electron chi connectivity index (χ4n) is 2.51. The van der Waals surface area contributed by atoms with Gasteiger partial charge in [-0.3, -0.25) is 0 Å². The van der Waals surface area contributed by atoms with E-state index >= 15 is 0 Å². The molecule has 26 heavy (non-hydrogen) atoms. The number of esters is 1. The van der Waals surface area contributed by atoms with Crippen molar-refractivity contribution in [3.05, 3.63) is 75.9 Å². The maximum Gasteiger partial charge on any atom is 0.344 e. The van der Waals surface area contributed by atoms with Crippen molar-refractivity contribution in [3.8, 4) is 5.75 Å². The summed E-state index contributed by atoms with van der Waals surface area (Å²) in [6.07, 6.45) is 0.816. The second-order valence-electron chi connectivity index (χ2n) is 5.68. The lowest BCUT2D eigenvalue weighted by Gasteiger charge is -2.09. The summed E-state index contributed by atoms with van der Waals surface area (Å²) in [5.74, 6) is -0.842. The lowest BCUT2D eigenvalue weighted by atomic mass is 10.1. The Morgan fingerprint density at radius 2 is 2.00 bits per heavy atom. The molecule has 0 saturated carbocycles. The lowest BCUT2D eigenvalue weighted by Crippen LogP contribution is -2.15. The average molecular weight is 356 g/mol. The summed E-state index contributed by atoms with van der Waals surface area (Å²) in [5.41, 5.74) is 1.54. The molecule has 0 fully saturated rings. The number of benzene rings is 2. The van der Waals surface area contributed by atoms with Gasteiger partial charge in [-0.05, 0) is 30.2 Å². The third-order valence-corrected chi connectivity index (χ3v) is 3.84. The van der Waals surface area contributed by atoms with Crippen molar-refractivity contribution in [2.24, 2.45) is 0 Å². The number of ether oxygens (including phenoxy) is 2. The molecule has 3 rings (SSSR count). The molecule has 0 bridgehead atoms. The Kier molecular flexibility index (Phi) is 5.31. The molecule has 5 nitrogen and oxygen atoms in total. The monoisotopic (exact) mass is 356 g/mol. The van der Waals surface area contributed by atoms with Gasteiger partial charge in [0.15, 0.2) is 6.61 Å². The van der Waals surface area contributed by atoms with E-state index in [1.54, 1.807) is 6.07 Å². The van der Waals surface area contributed by atoms with Crippen LogP contribution in [0.25, 0.3) is 11.0 Å². The first-order valence-corrected chi connectivity index (χ1v) is 8.15. The van der Waals surface area contributed by atoms with Crippen LogP contribution in [0, 0.1) is 5.82 Å². The Balaban J connectivity index is 1.67. The minimum Gasteiger partial charge on any atom is -0.482 e. The number of rotatable bonds is 6. The van der Waals surface area contributed by atoms with Crippen molar-refractivity contribution >= 4 is 16.9 Å². The van der Waals surface area contributed by atoms with Gasteiger partial charge in [0, 0.05) is 23.1 Å². The molecule has 0 spiro atoms. The first-order chi connectivity index (χ1) is 12.5. The van der Waals surface area contributed by atoms with Gasteiger partial charge in [0.2, 0.25) is 0 Å². The Bertz CT molecular complexity index is 993. The molecule has 1 heterocycles. The predicted octanol–water partition coefficient (Wildman–Crippen LogP) is 3.62. The maximum atomic E-state index is 13.1. The Morgan fingerprint density at radius 3 is 2.77 bits per heavy atom. The Hall–Kier alpha value is -3.15. The first-order valence-electron chi connectivity index (χ1n) is 8.15. The van der Waals surface area contributed by atoms with Gasteiger partial charge < -0.3 is 13.9 Å². The van der Waals surface area contributed by atoms with E-state index in [2.05, 4.69) is 0 Å². The highest BCUT2D eigenvalue weighted by molar-refractivity contribution is 5.81. The lowest BCUT2D eigenvalue weighted by molar-refractivity contribution is -0.147. The highest BCUT2D eigenvalue weighted by atomic mass is 19.1. The van der Waals surface area contributed by atoms with Crippen LogP contribution in [0.1, 0.15) is 18.1 Å². The first kappa shape index (κ1) is 17.7. The Labute approximate surface area is 149 Å². The summed E-state index contributed by atoms with van der Waals surface area (Å²) in [6.45, 7) is 1.56. The smallest absolute Gasteiger partial charge is 0.344 e. The van der Waals surface area contributed by atoms with Crippen LogP contribution < -0.4 is 10.4 Å². The van der Waals surface area contributed by atoms with E-state index in [1.165, 1.54) is 30.3 Å². The van der Waals surface area contributed by atoms with E-state index in [-0.39, 0.29) is 19.0 Å². The zero-order valence-electron chi connectivity index (χ0n) is 14.2. The van der Waals surface area contributed by atoms with E-state index in [4.69, 9.17) is 13.9 Å². The van der Waals surface area contributed by atoms with Gasteiger partial charge in [-0.25, -0.2) is 14.0 Å². The molecule has 0 aliphatic heterocycles. The SMILES string of the molecule is CCc1ccc2c(COC(=O)COc3cccc(F)c3)cc(=O)oc2c1. The van der Waals surface area contributed by atoms with Gasteiger partial charge >= 0.3 is 11.6 Å². The van der Waals surface area contributed by atoms with E-state index in [1.807, 2.05) is 19.1 Å². The second kappa shape index (κ2) is 7.82. The predicted molar refractivity (Wildman–Crippen MR) is 93.6 cm³/mol. The third kappa shape index (κ3) is 4.27. The van der Waals surface area contributed by atoms with Gasteiger partial charge in [-0.1, -0.05) is 25.1 Å². The summed E-state index contributed by atoms with van der Waals surface area (Å²) in [6, 6.07) is 12.3. The van der Waals surface area contributed by atoms with Crippen molar-refractivity contribution < 1.29 is 23.1 Å². The summed E-state index contributed by atoms with van der Waals surface area (Å²) in [7, 11) is 0. The van der Waals surface area contributed by atoms with Crippen LogP contribution in [-0.4, -0.2) is 12.6 Å². The molecular formula is C20H17FO5. The van der Waals surface area contributed by atoms with Crippen LogP contribution >= 0.6 is 0 Å². The molecule has 6 heteroatoms. The molecule has 134 valence electrons. The molecule has 0 N–H and O–H groups in total. The van der Waals surface area contributed by atoms with Crippen LogP contribution in [0.4, 0.5) is 4.39 Å². The van der Waals surface area contributed by atoms with Crippen LogP contribution in [-0.2, 0) is 22.6 Å². The van der Waals surface area contributed by atoms with Crippen molar-refractivity contribution in [3.63, 3.8) is 0 Å². The van der Waals surface area contributed by atoms with Gasteiger partial charge in [0.1, 0.15) is 23.8 Å². The molecule has 0 aliphatic rings. The van der Waals surface area contributed by atoms with Crippen LogP contribution in [0.5, 0.6) is 5.75 Å². The zero-order chi connectivity index (χ0) is 18.5. The van der Waals surface area contributed by atoms with E-state index < -0.39 is 17.4 Å². The molecule has 0 unspecified atom stereocenters. The number of fused-ring (bicyclic) bond motifs is 1. The second-order valence-corrected chi connectivity index (χ2v) is 5.68. The maximum absolute atomic E-state index is 13.1. The molecule has 0 aliphatic carbocycles. The highest BCUT2D eigenvalue weighted by Gasteiger charge is 2.10. The largest absolute Gasteiger partial charge is 0.482 e. The molecule has 1 aromatic heterocycles. The summed E-state index contributed by atoms with van der Waals surface area (Å²) in [4.78, 5) is 23.6. The highest BCUT2D eigenvalue weighted by Crippen LogP contribution is 2.20. The fraction of sp³-hybridized carbons (Fsp3) is 0.200. The average Bonchev–Trinajstić information content (AvgIpc) is 2.63. The number of carbonyl (C=O) groups excluding carboxylic acids is 1. The van der Waals surface area contributed by atoms with Gasteiger partial charge in [0.05, 0.1) is 0 Å². The quantitative estimate of drug-likeness (QED) is 0.499. The Morgan fingerprint density at radius 1 is 1.15 bits per heavy atom. The van der Waals surface area contributed by atoms with E-state index in [0.717, 1.165) is 12.0 Å². The number of halogens is 1. The standard InChI is InChI=1S/C20H17FO5/c1-2-13-6-7-17-14(9-19(22)26-18(17)8-13)11-25-20(23)12-24-16-5-3-4-15(21)10-16/h3-10H,2,11-12H2,1H3. The van der Waals surface area contributed by atoms with Crippen molar-refractivity contribution in [2.75, 3.05) is 6.61 Å². The summed E-state index contributed by atoms with van der Waals surface area (Å²) < 4.78 is 28.6. The van der Waals surface area contributed by atoms with Crippen LogP contribution in [0.2, 0.25) is 0 Å². The van der Waals surface area contributed by atoms with Gasteiger partial charge in [-0.2, -0.15) is 0 Å². The van der Waals surface area contributed by atoms with Crippen LogP contribution in [0.3, 0.4) is 0 Å². The summed E-state index contributed by atoms with van der Waals surface area (Å²) >= 11 is 0. The van der Waals surface area contributed by atoms with Gasteiger partial charge in [-0.15, -0.1) is 0 Å². The van der Waals surface area contributed by atoms with E-state index in [0.29, 0.717) is 16.5 Å². The minimum atomic E-state index is -0.624. The molecular weight excluding hydrogens is 339 g/mol. The molecule has 3 aromatic rings. The number of carbonyl (C=O) groups is 1. The fourth-order valence-corrected chi connectivity index (χ4v) is 2.51. The third-order valence-electron chi connectivity index (χ3n) is 3.84. The van der Waals surface area contributed by atoms with E-state index in [9.17, 15) is 14.0 Å². The van der Waals surface area contributed by atoms with Crippen molar-refractivity contribution in [1.82, 2.24) is 0 Å². The normalized spacial score (nSPS) is 10.7. The number of hydrogen-bond acceptors (Lipinski definition) is 5. The molecule has 0 atom stereocenters. The summed E-state index contributed by atoms with van der Waals surface area (Å²) in [5, 5.41) is 0.709. The number of hydrogen-bond donors (Lipinski definition) is 0.